The van der Waals surface area contributed by atoms with Gasteiger partial charge in [0.1, 0.15) is 0 Å². The molecular weight excluding hydrogens is 460 g/mol. The van der Waals surface area contributed by atoms with Crippen LogP contribution in [-0.4, -0.2) is 49.1 Å². The highest BCUT2D eigenvalue weighted by Crippen LogP contribution is 2.42. The van der Waals surface area contributed by atoms with Gasteiger partial charge in [-0.05, 0) is 61.0 Å². The number of aliphatic hydroxyl groups excluding tert-OH is 1. The summed E-state index contributed by atoms with van der Waals surface area (Å²) in [5.41, 5.74) is 1.23. The fraction of sp³-hybridized carbons (Fsp3) is 0.607. The van der Waals surface area contributed by atoms with Crippen LogP contribution in [0.5, 0.6) is 0 Å². The van der Waals surface area contributed by atoms with Gasteiger partial charge < -0.3 is 24.1 Å². The number of aliphatic hydroxyl groups is 1. The van der Waals surface area contributed by atoms with Gasteiger partial charge in [0, 0.05) is 18.4 Å². The SMILES string of the molecule is CC(C)(C)[Si](C)(C)O[C@@H](CC[C@H]1C(CC(=O)O)[C@@H](O)C[C@H]1O[C@@H]1C=CC=CO1)Cc1ccccc1. The van der Waals surface area contributed by atoms with Crippen LogP contribution in [0.1, 0.15) is 52.0 Å². The van der Waals surface area contributed by atoms with Crippen LogP contribution in [0.25, 0.3) is 0 Å². The molecule has 1 heterocycles. The summed E-state index contributed by atoms with van der Waals surface area (Å²) in [5, 5.41) is 20.4. The molecule has 1 aromatic carbocycles. The minimum absolute atomic E-state index is 0.0101. The standard InChI is InChI=1S/C28H42O6Si/c1-28(2,3)35(4,5)34-21(17-20-11-7-6-8-12-20)14-15-22-23(18-26(30)31)24(29)19-25(22)33-27-13-9-10-16-32-27/h6-13,16,21-25,27,29H,14-15,17-19H2,1-5H3,(H,30,31)/t21-,22-,23?,24-,25+,27+/m0/s1. The van der Waals surface area contributed by atoms with Gasteiger partial charge in [-0.25, -0.2) is 0 Å². The number of aliphatic carboxylic acids is 1. The highest BCUT2D eigenvalue weighted by molar-refractivity contribution is 6.74. The molecule has 0 aromatic heterocycles. The molecule has 0 saturated heterocycles. The molecule has 1 fully saturated rings. The van der Waals surface area contributed by atoms with Gasteiger partial charge in [-0.1, -0.05) is 57.2 Å². The number of rotatable bonds is 11. The van der Waals surface area contributed by atoms with Crippen LogP contribution in [0.2, 0.25) is 18.1 Å². The van der Waals surface area contributed by atoms with Crippen LogP contribution in [0, 0.1) is 11.8 Å². The third-order valence-corrected chi connectivity index (χ3v) is 12.3. The number of benzene rings is 1. The summed E-state index contributed by atoms with van der Waals surface area (Å²) in [7, 11) is -2.02. The van der Waals surface area contributed by atoms with Crippen molar-refractivity contribution in [3.63, 3.8) is 0 Å². The Morgan fingerprint density at radius 2 is 1.89 bits per heavy atom. The van der Waals surface area contributed by atoms with E-state index in [9.17, 15) is 15.0 Å². The number of carboxylic acids is 1. The second kappa shape index (κ2) is 11.9. The molecule has 1 unspecified atom stereocenters. The largest absolute Gasteiger partial charge is 0.481 e. The first-order valence-electron chi connectivity index (χ1n) is 12.7. The van der Waals surface area contributed by atoms with Crippen LogP contribution in [0.4, 0.5) is 0 Å². The zero-order valence-electron chi connectivity index (χ0n) is 21.7. The lowest BCUT2D eigenvalue weighted by atomic mass is 9.85. The number of hydrogen-bond acceptors (Lipinski definition) is 5. The number of carboxylic acid groups (broad SMARTS) is 1. The molecule has 1 aliphatic heterocycles. The molecule has 0 bridgehead atoms. The lowest BCUT2D eigenvalue weighted by Gasteiger charge is -2.40. The summed E-state index contributed by atoms with van der Waals surface area (Å²) >= 11 is 0. The van der Waals surface area contributed by atoms with E-state index in [1.165, 1.54) is 5.56 Å². The van der Waals surface area contributed by atoms with Gasteiger partial charge >= 0.3 is 5.97 Å². The summed E-state index contributed by atoms with van der Waals surface area (Å²) in [4.78, 5) is 11.6. The highest BCUT2D eigenvalue weighted by atomic mass is 28.4. The van der Waals surface area contributed by atoms with Crippen molar-refractivity contribution >= 4 is 14.3 Å². The monoisotopic (exact) mass is 502 g/mol. The molecule has 0 amide bonds. The summed E-state index contributed by atoms with van der Waals surface area (Å²) in [6.07, 6.45) is 8.21. The van der Waals surface area contributed by atoms with E-state index >= 15 is 0 Å². The van der Waals surface area contributed by atoms with E-state index < -0.39 is 26.7 Å². The van der Waals surface area contributed by atoms with E-state index in [1.54, 1.807) is 12.3 Å². The Morgan fingerprint density at radius 3 is 2.49 bits per heavy atom. The van der Waals surface area contributed by atoms with Crippen molar-refractivity contribution in [1.82, 2.24) is 0 Å². The normalized spacial score (nSPS) is 27.5. The molecule has 2 aliphatic rings. The van der Waals surface area contributed by atoms with Crippen molar-refractivity contribution in [2.24, 2.45) is 11.8 Å². The average molecular weight is 503 g/mol. The van der Waals surface area contributed by atoms with Crippen molar-refractivity contribution in [1.29, 1.82) is 0 Å². The molecule has 6 atom stereocenters. The molecule has 1 saturated carbocycles. The highest BCUT2D eigenvalue weighted by Gasteiger charge is 2.45. The predicted octanol–water partition coefficient (Wildman–Crippen LogP) is 5.68. The van der Waals surface area contributed by atoms with Crippen molar-refractivity contribution in [3.05, 3.63) is 60.4 Å². The van der Waals surface area contributed by atoms with Gasteiger partial charge in [-0.15, -0.1) is 0 Å². The van der Waals surface area contributed by atoms with Crippen LogP contribution < -0.4 is 0 Å². The molecule has 35 heavy (non-hydrogen) atoms. The van der Waals surface area contributed by atoms with Crippen molar-refractivity contribution in [2.75, 3.05) is 0 Å². The fourth-order valence-corrected chi connectivity index (χ4v) is 6.25. The number of carbonyl (C=O) groups is 1. The summed E-state index contributed by atoms with van der Waals surface area (Å²) in [6, 6.07) is 10.4. The Labute approximate surface area is 211 Å². The molecule has 6 nitrogen and oxygen atoms in total. The van der Waals surface area contributed by atoms with Crippen LogP contribution >= 0.6 is 0 Å². The maximum atomic E-state index is 11.6. The molecule has 0 spiro atoms. The van der Waals surface area contributed by atoms with E-state index in [0.29, 0.717) is 6.42 Å². The van der Waals surface area contributed by atoms with Crippen LogP contribution in [-0.2, 0) is 25.1 Å². The van der Waals surface area contributed by atoms with Gasteiger partial charge in [0.05, 0.1) is 24.9 Å². The maximum Gasteiger partial charge on any atom is 0.303 e. The number of ether oxygens (including phenoxy) is 2. The molecule has 3 rings (SSSR count). The lowest BCUT2D eigenvalue weighted by Crippen LogP contribution is -2.44. The molecule has 1 aliphatic carbocycles. The van der Waals surface area contributed by atoms with Gasteiger partial charge in [0.25, 0.3) is 0 Å². The molecule has 7 heteroatoms. The van der Waals surface area contributed by atoms with E-state index in [2.05, 4.69) is 46.0 Å². The number of allylic oxidation sites excluding steroid dienone is 2. The van der Waals surface area contributed by atoms with Gasteiger partial charge in [-0.2, -0.15) is 0 Å². The minimum Gasteiger partial charge on any atom is -0.481 e. The zero-order chi connectivity index (χ0) is 25.6. The Hall–Kier alpha value is -1.93. The summed E-state index contributed by atoms with van der Waals surface area (Å²) in [5.74, 6) is -1.34. The third kappa shape index (κ3) is 7.77. The van der Waals surface area contributed by atoms with E-state index in [4.69, 9.17) is 13.9 Å². The van der Waals surface area contributed by atoms with Crippen molar-refractivity contribution in [2.45, 2.75) is 95.6 Å². The zero-order valence-corrected chi connectivity index (χ0v) is 22.7. The summed E-state index contributed by atoms with van der Waals surface area (Å²) < 4.78 is 18.6. The maximum absolute atomic E-state index is 11.6. The molecule has 0 radical (unpaired) electrons. The van der Waals surface area contributed by atoms with Crippen LogP contribution in [0.3, 0.4) is 0 Å². The first-order valence-corrected chi connectivity index (χ1v) is 15.6. The Morgan fingerprint density at radius 1 is 1.17 bits per heavy atom. The third-order valence-electron chi connectivity index (χ3n) is 7.78. The predicted molar refractivity (Wildman–Crippen MR) is 139 cm³/mol. The van der Waals surface area contributed by atoms with Gasteiger partial charge in [0.15, 0.2) is 8.32 Å². The second-order valence-electron chi connectivity index (χ2n) is 11.4. The first kappa shape index (κ1) is 27.7. The first-order chi connectivity index (χ1) is 16.5. The topological polar surface area (TPSA) is 85.2 Å². The van der Waals surface area contributed by atoms with Gasteiger partial charge in [0.2, 0.25) is 6.29 Å². The smallest absolute Gasteiger partial charge is 0.303 e. The van der Waals surface area contributed by atoms with E-state index in [0.717, 1.165) is 19.3 Å². The van der Waals surface area contributed by atoms with Gasteiger partial charge in [-0.3, -0.25) is 4.79 Å². The van der Waals surface area contributed by atoms with Crippen molar-refractivity contribution in [3.8, 4) is 0 Å². The Balaban J connectivity index is 1.77. The van der Waals surface area contributed by atoms with E-state index in [1.807, 2.05) is 30.4 Å². The molecule has 194 valence electrons. The lowest BCUT2D eigenvalue weighted by molar-refractivity contribution is -0.140. The second-order valence-corrected chi connectivity index (χ2v) is 16.1. The van der Waals surface area contributed by atoms with E-state index in [-0.39, 0.29) is 35.5 Å². The number of hydrogen-bond donors (Lipinski definition) is 2. The van der Waals surface area contributed by atoms with Crippen LogP contribution in [0.15, 0.2) is 54.8 Å². The summed E-state index contributed by atoms with van der Waals surface area (Å²) in [6.45, 7) is 11.3. The Kier molecular flexibility index (Phi) is 9.38. The molecule has 1 aromatic rings. The van der Waals surface area contributed by atoms with Crippen molar-refractivity contribution < 1.29 is 28.9 Å². The minimum atomic E-state index is -2.02. The molecular formula is C28H42O6Si. The Bertz CT molecular complexity index is 875. The molecule has 2 N–H and O–H groups in total. The average Bonchev–Trinajstić information content (AvgIpc) is 3.05. The fourth-order valence-electron chi connectivity index (χ4n) is 4.86. The quantitative estimate of drug-likeness (QED) is 0.379.